The molecule has 0 aliphatic heterocycles. The number of carbonyl (C=O) groups excluding carboxylic acids is 1. The van der Waals surface area contributed by atoms with E-state index in [0.29, 0.717) is 26.1 Å². The van der Waals surface area contributed by atoms with Crippen molar-refractivity contribution in [2.45, 2.75) is 31.7 Å². The molecule has 0 heterocycles. The lowest BCUT2D eigenvalue weighted by Crippen LogP contribution is -2.47. The van der Waals surface area contributed by atoms with E-state index in [4.69, 9.17) is 4.74 Å². The molecule has 0 aromatic heterocycles. The first-order valence-electron chi connectivity index (χ1n) is 7.11. The normalized spacial score (nSPS) is 21.6. The van der Waals surface area contributed by atoms with Crippen molar-refractivity contribution < 1.29 is 22.7 Å². The van der Waals surface area contributed by atoms with Gasteiger partial charge in [-0.05, 0) is 18.4 Å². The number of halogens is 3. The predicted molar refractivity (Wildman–Crippen MR) is 75.9 cm³/mol. The second kappa shape index (κ2) is 7.45. The molecule has 0 saturated carbocycles. The van der Waals surface area contributed by atoms with Gasteiger partial charge < -0.3 is 10.1 Å². The van der Waals surface area contributed by atoms with Crippen LogP contribution in [-0.2, 0) is 16.1 Å². The quantitative estimate of drug-likeness (QED) is 0.848. The van der Waals surface area contributed by atoms with Crippen LogP contribution < -0.4 is 5.32 Å². The van der Waals surface area contributed by atoms with Crippen LogP contribution in [0.25, 0.3) is 0 Å². The lowest BCUT2D eigenvalue weighted by Gasteiger charge is -2.29. The number of amides is 1. The van der Waals surface area contributed by atoms with E-state index in [9.17, 15) is 18.0 Å². The topological polar surface area (TPSA) is 38.3 Å². The average molecular weight is 313 g/mol. The molecule has 120 valence electrons. The Balaban J connectivity index is 1.85. The van der Waals surface area contributed by atoms with Crippen molar-refractivity contribution in [3.63, 3.8) is 0 Å². The van der Waals surface area contributed by atoms with E-state index in [1.165, 1.54) is 0 Å². The fraction of sp³-hybridized carbons (Fsp3) is 0.438. The Labute approximate surface area is 127 Å². The van der Waals surface area contributed by atoms with Crippen LogP contribution in [0.3, 0.4) is 0 Å². The monoisotopic (exact) mass is 313 g/mol. The molecule has 0 bridgehead atoms. The van der Waals surface area contributed by atoms with Crippen molar-refractivity contribution in [1.82, 2.24) is 5.32 Å². The molecule has 1 aromatic rings. The Morgan fingerprint density at radius 1 is 1.18 bits per heavy atom. The number of alkyl halides is 3. The van der Waals surface area contributed by atoms with Crippen LogP contribution in [0.5, 0.6) is 0 Å². The highest BCUT2D eigenvalue weighted by molar-refractivity contribution is 5.82. The van der Waals surface area contributed by atoms with E-state index in [1.54, 1.807) is 6.08 Å². The van der Waals surface area contributed by atoms with Gasteiger partial charge in [0.2, 0.25) is 0 Å². The number of hydrogen-bond donors (Lipinski definition) is 1. The highest BCUT2D eigenvalue weighted by Crippen LogP contribution is 2.22. The third-order valence-corrected chi connectivity index (χ3v) is 3.58. The van der Waals surface area contributed by atoms with Gasteiger partial charge in [-0.3, -0.25) is 4.79 Å². The molecule has 0 saturated heterocycles. The zero-order valence-electron chi connectivity index (χ0n) is 12.0. The fourth-order valence-electron chi connectivity index (χ4n) is 2.38. The third kappa shape index (κ3) is 4.87. The molecule has 0 radical (unpaired) electrons. The molecule has 22 heavy (non-hydrogen) atoms. The summed E-state index contributed by atoms with van der Waals surface area (Å²) in [5.74, 6) is -2.04. The predicted octanol–water partition coefficient (Wildman–Crippen LogP) is 3.22. The second-order valence-corrected chi connectivity index (χ2v) is 5.28. The average Bonchev–Trinajstić information content (AvgIpc) is 2.49. The number of hydrogen-bond acceptors (Lipinski definition) is 2. The van der Waals surface area contributed by atoms with Crippen molar-refractivity contribution in [3.05, 3.63) is 48.0 Å². The van der Waals surface area contributed by atoms with Gasteiger partial charge in [-0.15, -0.1) is 0 Å². The maximum Gasteiger partial charge on any atom is 0.471 e. The van der Waals surface area contributed by atoms with Gasteiger partial charge in [0, 0.05) is 12.0 Å². The highest BCUT2D eigenvalue weighted by atomic mass is 19.4. The zero-order chi connectivity index (χ0) is 16.0. The Morgan fingerprint density at radius 2 is 1.86 bits per heavy atom. The summed E-state index contributed by atoms with van der Waals surface area (Å²) in [7, 11) is 0. The van der Waals surface area contributed by atoms with Gasteiger partial charge in [0.25, 0.3) is 0 Å². The van der Waals surface area contributed by atoms with Crippen LogP contribution in [-0.4, -0.2) is 24.7 Å². The van der Waals surface area contributed by atoms with E-state index < -0.39 is 18.1 Å². The van der Waals surface area contributed by atoms with E-state index in [1.807, 2.05) is 36.4 Å². The van der Waals surface area contributed by atoms with E-state index >= 15 is 0 Å². The lowest BCUT2D eigenvalue weighted by atomic mass is 9.89. The molecular weight excluding hydrogens is 295 g/mol. The molecule has 1 amide bonds. The smallest absolute Gasteiger partial charge is 0.376 e. The van der Waals surface area contributed by atoms with Crippen molar-refractivity contribution in [2.24, 2.45) is 5.92 Å². The van der Waals surface area contributed by atoms with Crippen LogP contribution in [0.15, 0.2) is 42.5 Å². The summed E-state index contributed by atoms with van der Waals surface area (Å²) >= 11 is 0. The summed E-state index contributed by atoms with van der Waals surface area (Å²) in [6.07, 6.45) is -0.169. The molecule has 0 fully saturated rings. The summed E-state index contributed by atoms with van der Waals surface area (Å²) in [6, 6.07) is 8.99. The number of benzene rings is 1. The van der Waals surface area contributed by atoms with Gasteiger partial charge in [-0.25, -0.2) is 0 Å². The van der Waals surface area contributed by atoms with Gasteiger partial charge >= 0.3 is 12.1 Å². The first-order chi connectivity index (χ1) is 10.5. The van der Waals surface area contributed by atoms with E-state index in [0.717, 1.165) is 5.56 Å². The Hall–Kier alpha value is -1.82. The third-order valence-electron chi connectivity index (χ3n) is 3.58. The summed E-state index contributed by atoms with van der Waals surface area (Å²) in [5.41, 5.74) is 1.00. The van der Waals surface area contributed by atoms with Gasteiger partial charge in [0.05, 0.1) is 13.2 Å². The largest absolute Gasteiger partial charge is 0.471 e. The standard InChI is InChI=1S/C16H18F3NO2/c17-16(18,19)15(21)20-14-9-5-4-8-13(14)11-22-10-12-6-2-1-3-7-12/h1-7,13-14H,8-11H2,(H,20,21)/t13-,14-/m0/s1. The summed E-state index contributed by atoms with van der Waals surface area (Å²) in [6.45, 7) is 0.711. The van der Waals surface area contributed by atoms with Gasteiger partial charge in [0.1, 0.15) is 0 Å². The molecule has 2 atom stereocenters. The fourth-order valence-corrected chi connectivity index (χ4v) is 2.38. The molecular formula is C16H18F3NO2. The van der Waals surface area contributed by atoms with Crippen molar-refractivity contribution in [3.8, 4) is 0 Å². The summed E-state index contributed by atoms with van der Waals surface area (Å²) < 4.78 is 42.6. The number of carbonyl (C=O) groups is 1. The molecule has 1 aromatic carbocycles. The first-order valence-corrected chi connectivity index (χ1v) is 7.11. The Kier molecular flexibility index (Phi) is 5.60. The van der Waals surface area contributed by atoms with Gasteiger partial charge in [-0.1, -0.05) is 42.5 Å². The number of allylic oxidation sites excluding steroid dienone is 1. The van der Waals surface area contributed by atoms with Crippen LogP contribution >= 0.6 is 0 Å². The first kappa shape index (κ1) is 16.5. The minimum Gasteiger partial charge on any atom is -0.376 e. The molecule has 2 rings (SSSR count). The van der Waals surface area contributed by atoms with Crippen LogP contribution in [0, 0.1) is 5.92 Å². The van der Waals surface area contributed by atoms with Crippen molar-refractivity contribution >= 4 is 5.91 Å². The van der Waals surface area contributed by atoms with Crippen LogP contribution in [0.1, 0.15) is 18.4 Å². The summed E-state index contributed by atoms with van der Waals surface area (Å²) in [5, 5.41) is 2.06. The van der Waals surface area contributed by atoms with Crippen LogP contribution in [0.2, 0.25) is 0 Å². The molecule has 6 heteroatoms. The molecule has 3 nitrogen and oxygen atoms in total. The zero-order valence-corrected chi connectivity index (χ0v) is 12.0. The Bertz CT molecular complexity index is 514. The number of nitrogens with one attached hydrogen (secondary N) is 1. The Morgan fingerprint density at radius 3 is 2.55 bits per heavy atom. The van der Waals surface area contributed by atoms with Crippen LogP contribution in [0.4, 0.5) is 13.2 Å². The van der Waals surface area contributed by atoms with E-state index in [2.05, 4.69) is 5.32 Å². The number of ether oxygens (including phenoxy) is 1. The lowest BCUT2D eigenvalue weighted by molar-refractivity contribution is -0.174. The molecule has 0 spiro atoms. The molecule has 1 N–H and O–H groups in total. The van der Waals surface area contributed by atoms with Gasteiger partial charge in [-0.2, -0.15) is 13.2 Å². The minimum atomic E-state index is -4.85. The molecule has 0 unspecified atom stereocenters. The van der Waals surface area contributed by atoms with E-state index in [-0.39, 0.29) is 5.92 Å². The molecule has 1 aliphatic carbocycles. The van der Waals surface area contributed by atoms with Crippen molar-refractivity contribution in [1.29, 1.82) is 0 Å². The van der Waals surface area contributed by atoms with Gasteiger partial charge in [0.15, 0.2) is 0 Å². The SMILES string of the molecule is O=C(N[C@H]1CC=CC[C@H]1COCc1ccccc1)C(F)(F)F. The minimum absolute atomic E-state index is 0.153. The maximum absolute atomic E-state index is 12.3. The molecule has 1 aliphatic rings. The highest BCUT2D eigenvalue weighted by Gasteiger charge is 2.40. The number of rotatable bonds is 5. The van der Waals surface area contributed by atoms with Crippen molar-refractivity contribution in [2.75, 3.05) is 6.61 Å². The summed E-state index contributed by atoms with van der Waals surface area (Å²) in [4.78, 5) is 11.1. The maximum atomic E-state index is 12.3. The second-order valence-electron chi connectivity index (χ2n) is 5.28.